The van der Waals surface area contributed by atoms with Gasteiger partial charge < -0.3 is 0 Å². The quantitative estimate of drug-likeness (QED) is 0.812. The highest BCUT2D eigenvalue weighted by atomic mass is 32.9. The van der Waals surface area contributed by atoms with E-state index in [-0.39, 0.29) is 0 Å². The predicted octanol–water partition coefficient (Wildman–Crippen LogP) is 3.72. The molecule has 118 valence electrons. The van der Waals surface area contributed by atoms with Gasteiger partial charge in [0.25, 0.3) is 0 Å². The van der Waals surface area contributed by atoms with Gasteiger partial charge in [-0.1, -0.05) is 42.5 Å². The molecular formula is C16H12O3S4. The van der Waals surface area contributed by atoms with Gasteiger partial charge in [0, 0.05) is 4.91 Å². The SMILES string of the molecule is O=S(/C(=C/C1=CC=CS1=S(=O)=O)c1ccccc1)c1cccs1. The zero-order valence-electron chi connectivity index (χ0n) is 11.8. The van der Waals surface area contributed by atoms with E-state index in [0.29, 0.717) is 9.81 Å². The highest BCUT2D eigenvalue weighted by Gasteiger charge is 2.16. The van der Waals surface area contributed by atoms with E-state index in [9.17, 15) is 12.6 Å². The third-order valence-corrected chi connectivity index (χ3v) is 8.92. The van der Waals surface area contributed by atoms with Crippen LogP contribution in [0.15, 0.2) is 80.6 Å². The zero-order chi connectivity index (χ0) is 16.2. The molecule has 3 rings (SSSR count). The van der Waals surface area contributed by atoms with Gasteiger partial charge in [-0.05, 0) is 44.0 Å². The van der Waals surface area contributed by atoms with Gasteiger partial charge >= 0.3 is 0 Å². The molecule has 7 heteroatoms. The van der Waals surface area contributed by atoms with E-state index in [1.165, 1.54) is 11.3 Å². The Hall–Kier alpha value is -1.54. The minimum atomic E-state index is -2.21. The van der Waals surface area contributed by atoms with Gasteiger partial charge in [0.05, 0.1) is 19.9 Å². The molecule has 23 heavy (non-hydrogen) atoms. The van der Waals surface area contributed by atoms with Crippen molar-refractivity contribution in [2.24, 2.45) is 0 Å². The number of thiophene rings is 1. The normalized spacial score (nSPS) is 18.7. The number of benzene rings is 1. The lowest BCUT2D eigenvalue weighted by Gasteiger charge is -2.07. The topological polar surface area (TPSA) is 51.2 Å². The third-order valence-electron chi connectivity index (χ3n) is 3.05. The largest absolute Gasteiger partial charge is 0.249 e. The first-order chi connectivity index (χ1) is 11.2. The molecule has 0 spiro atoms. The average molecular weight is 381 g/mol. The van der Waals surface area contributed by atoms with Crippen LogP contribution in [0, 0.1) is 0 Å². The molecular weight excluding hydrogens is 368 g/mol. The standard InChI is InChI=1S/C16H12O3S4/c17-22(16-9-4-10-20-16)15(13-6-2-1-3-7-13)12-14-8-5-11-21(14)23(18)19/h1-12H/b15-12+. The average Bonchev–Trinajstić information content (AvgIpc) is 3.24. The lowest BCUT2D eigenvalue weighted by atomic mass is 10.2. The fourth-order valence-electron chi connectivity index (χ4n) is 2.03. The summed E-state index contributed by atoms with van der Waals surface area (Å²) in [4.78, 5) is 1.27. The molecule has 0 bridgehead atoms. The van der Waals surface area contributed by atoms with Gasteiger partial charge in [0.15, 0.2) is 0 Å². The van der Waals surface area contributed by atoms with Gasteiger partial charge in [0.1, 0.15) is 0 Å². The minimum Gasteiger partial charge on any atom is -0.248 e. The van der Waals surface area contributed by atoms with Gasteiger partial charge in [-0.3, -0.25) is 0 Å². The molecule has 2 unspecified atom stereocenters. The lowest BCUT2D eigenvalue weighted by Crippen LogP contribution is -1.96. The molecule has 2 heterocycles. The van der Waals surface area contributed by atoms with Crippen molar-refractivity contribution in [1.82, 2.24) is 0 Å². The van der Waals surface area contributed by atoms with Crippen LogP contribution in [0.25, 0.3) is 4.91 Å². The monoisotopic (exact) mass is 380 g/mol. The van der Waals surface area contributed by atoms with Crippen molar-refractivity contribution in [2.45, 2.75) is 4.21 Å². The van der Waals surface area contributed by atoms with Gasteiger partial charge in [-0.15, -0.1) is 11.3 Å². The number of rotatable bonds is 4. The molecule has 3 nitrogen and oxygen atoms in total. The molecule has 1 aromatic heterocycles. The van der Waals surface area contributed by atoms with Crippen LogP contribution >= 0.6 is 11.3 Å². The van der Waals surface area contributed by atoms with Crippen molar-refractivity contribution in [1.29, 1.82) is 0 Å². The van der Waals surface area contributed by atoms with Crippen LogP contribution in [-0.2, 0) is 29.5 Å². The summed E-state index contributed by atoms with van der Waals surface area (Å²) in [6.45, 7) is 0. The Morgan fingerprint density at radius 3 is 2.48 bits per heavy atom. The predicted molar refractivity (Wildman–Crippen MR) is 98.7 cm³/mol. The van der Waals surface area contributed by atoms with Gasteiger partial charge in [-0.25, -0.2) is 4.21 Å². The molecule has 0 radical (unpaired) electrons. The molecule has 1 aliphatic rings. The highest BCUT2D eigenvalue weighted by molar-refractivity contribution is 8.37. The van der Waals surface area contributed by atoms with Crippen molar-refractivity contribution in [3.05, 3.63) is 81.9 Å². The van der Waals surface area contributed by atoms with E-state index in [2.05, 4.69) is 0 Å². The summed E-state index contributed by atoms with van der Waals surface area (Å²) in [5, 5.41) is 3.52. The van der Waals surface area contributed by atoms with Crippen LogP contribution in [-0.4, -0.2) is 12.6 Å². The minimum absolute atomic E-state index is 0.617. The van der Waals surface area contributed by atoms with Crippen LogP contribution in [0.1, 0.15) is 5.56 Å². The second-order valence-electron chi connectivity index (χ2n) is 4.47. The molecule has 0 saturated heterocycles. The van der Waals surface area contributed by atoms with Crippen molar-refractivity contribution >= 4 is 45.8 Å². The van der Waals surface area contributed by atoms with E-state index < -0.39 is 29.5 Å². The van der Waals surface area contributed by atoms with Crippen molar-refractivity contribution in [2.75, 3.05) is 0 Å². The molecule has 2 aromatic rings. The summed E-state index contributed by atoms with van der Waals surface area (Å²) >= 11 is 1.42. The molecule has 0 amide bonds. The van der Waals surface area contributed by atoms with Crippen molar-refractivity contribution in [3.8, 4) is 0 Å². The Morgan fingerprint density at radius 2 is 1.83 bits per heavy atom. The Morgan fingerprint density at radius 1 is 1.04 bits per heavy atom. The Bertz CT molecular complexity index is 956. The summed E-state index contributed by atoms with van der Waals surface area (Å²) in [7, 11) is -4.55. The lowest BCUT2D eigenvalue weighted by molar-refractivity contribution is 0.628. The number of allylic oxidation sites excluding steroid dienone is 3. The molecule has 1 aromatic carbocycles. The second kappa shape index (κ2) is 7.35. The number of hydrogen-bond donors (Lipinski definition) is 0. The first-order valence-corrected chi connectivity index (χ1v) is 11.5. The molecule has 0 N–H and O–H groups in total. The first-order valence-electron chi connectivity index (χ1n) is 6.60. The van der Waals surface area contributed by atoms with E-state index in [4.69, 9.17) is 0 Å². The smallest absolute Gasteiger partial charge is 0.248 e. The second-order valence-corrected chi connectivity index (χ2v) is 10.7. The Kier molecular flexibility index (Phi) is 5.22. The Balaban J connectivity index is 2.12. The highest BCUT2D eigenvalue weighted by Crippen LogP contribution is 2.29. The van der Waals surface area contributed by atoms with E-state index in [1.54, 1.807) is 23.6 Å². The Labute approximate surface area is 144 Å². The van der Waals surface area contributed by atoms with Crippen molar-refractivity contribution < 1.29 is 12.6 Å². The van der Waals surface area contributed by atoms with Crippen LogP contribution in [0.3, 0.4) is 0 Å². The van der Waals surface area contributed by atoms with E-state index in [0.717, 1.165) is 9.77 Å². The maximum absolute atomic E-state index is 12.9. The molecule has 0 saturated carbocycles. The summed E-state index contributed by atoms with van der Waals surface area (Å²) in [6.07, 6.45) is 5.22. The fraction of sp³-hybridized carbons (Fsp3) is 0. The van der Waals surface area contributed by atoms with E-state index >= 15 is 0 Å². The summed E-state index contributed by atoms with van der Waals surface area (Å²) in [6, 6.07) is 13.1. The summed E-state index contributed by atoms with van der Waals surface area (Å²) < 4.78 is 36.4. The molecule has 0 aliphatic carbocycles. The summed E-state index contributed by atoms with van der Waals surface area (Å²) in [5.74, 6) is 0. The zero-order valence-corrected chi connectivity index (χ0v) is 15.1. The van der Waals surface area contributed by atoms with E-state index in [1.807, 2.05) is 47.8 Å². The van der Waals surface area contributed by atoms with Crippen LogP contribution in [0.5, 0.6) is 0 Å². The van der Waals surface area contributed by atoms with Gasteiger partial charge in [0.2, 0.25) is 9.26 Å². The first kappa shape index (κ1) is 16.3. The third kappa shape index (κ3) is 3.69. The fourth-order valence-corrected chi connectivity index (χ4v) is 6.67. The maximum atomic E-state index is 12.9. The molecule has 2 atom stereocenters. The molecule has 1 aliphatic heterocycles. The van der Waals surface area contributed by atoms with Crippen LogP contribution < -0.4 is 0 Å². The molecule has 0 fully saturated rings. The van der Waals surface area contributed by atoms with Crippen LogP contribution in [0.2, 0.25) is 0 Å². The van der Waals surface area contributed by atoms with Crippen LogP contribution in [0.4, 0.5) is 0 Å². The number of hydrogen-bond acceptors (Lipinski definition) is 4. The maximum Gasteiger partial charge on any atom is 0.249 e. The summed E-state index contributed by atoms with van der Waals surface area (Å²) in [5.41, 5.74) is 0.826. The van der Waals surface area contributed by atoms with Gasteiger partial charge in [-0.2, -0.15) is 8.42 Å². The van der Waals surface area contributed by atoms with Crippen molar-refractivity contribution in [3.63, 3.8) is 0 Å².